The molecule has 0 unspecified atom stereocenters. The van der Waals surface area contributed by atoms with E-state index in [-0.39, 0.29) is 0 Å². The zero-order valence-electron chi connectivity index (χ0n) is 12.6. The summed E-state index contributed by atoms with van der Waals surface area (Å²) in [6.07, 6.45) is 7.44. The summed E-state index contributed by atoms with van der Waals surface area (Å²) < 4.78 is 4.07. The lowest BCUT2D eigenvalue weighted by molar-refractivity contribution is 0.921. The van der Waals surface area contributed by atoms with E-state index in [0.29, 0.717) is 0 Å². The largest absolute Gasteiger partial charge is 0.334 e. The molecule has 0 spiro atoms. The Bertz CT molecular complexity index is 883. The zero-order chi connectivity index (χ0) is 15.1. The van der Waals surface area contributed by atoms with Crippen LogP contribution in [0.1, 0.15) is 0 Å². The summed E-state index contributed by atoms with van der Waals surface area (Å²) >= 11 is 0. The first-order chi connectivity index (χ1) is 10.7. The molecule has 0 atom stereocenters. The number of rotatable bonds is 2. The molecule has 0 N–H and O–H groups in total. The van der Waals surface area contributed by atoms with E-state index in [9.17, 15) is 0 Å². The van der Waals surface area contributed by atoms with E-state index in [2.05, 4.69) is 46.4 Å². The Labute approximate surface area is 128 Å². The fourth-order valence-electron chi connectivity index (χ4n) is 2.84. The second kappa shape index (κ2) is 4.84. The van der Waals surface area contributed by atoms with E-state index in [0.717, 1.165) is 11.4 Å². The van der Waals surface area contributed by atoms with Crippen molar-refractivity contribution >= 4 is 10.8 Å². The molecule has 22 heavy (non-hydrogen) atoms. The first-order valence-electron chi connectivity index (χ1n) is 7.19. The van der Waals surface area contributed by atoms with Gasteiger partial charge in [0.2, 0.25) is 0 Å². The number of benzene rings is 2. The number of nitrogens with zero attached hydrogens (tertiary/aromatic N) is 4. The van der Waals surface area contributed by atoms with Crippen molar-refractivity contribution in [3.8, 4) is 22.5 Å². The first kappa shape index (κ1) is 12.8. The lowest BCUT2D eigenvalue weighted by Crippen LogP contribution is -1.90. The summed E-state index contributed by atoms with van der Waals surface area (Å²) in [5.41, 5.74) is 4.61. The van der Waals surface area contributed by atoms with Crippen molar-refractivity contribution < 1.29 is 0 Å². The topological polar surface area (TPSA) is 35.6 Å². The molecule has 0 aliphatic carbocycles. The minimum atomic E-state index is 1.12. The average molecular weight is 288 g/mol. The molecule has 0 bridgehead atoms. The fraction of sp³-hybridized carbons (Fsp3) is 0.111. The molecule has 0 aliphatic rings. The highest BCUT2D eigenvalue weighted by atomic mass is 15.0. The molecular weight excluding hydrogens is 272 g/mol. The first-order valence-corrected chi connectivity index (χ1v) is 7.19. The van der Waals surface area contributed by atoms with E-state index >= 15 is 0 Å². The third-order valence-corrected chi connectivity index (χ3v) is 4.07. The molecular formula is C18H16N4. The van der Waals surface area contributed by atoms with E-state index in [4.69, 9.17) is 0 Å². The third kappa shape index (κ3) is 2.00. The van der Waals surface area contributed by atoms with Crippen LogP contribution in [0.4, 0.5) is 0 Å². The van der Waals surface area contributed by atoms with Gasteiger partial charge in [-0.05, 0) is 22.9 Å². The lowest BCUT2D eigenvalue weighted by Gasteiger charge is -2.07. The minimum Gasteiger partial charge on any atom is -0.334 e. The van der Waals surface area contributed by atoms with Crippen LogP contribution in [0.5, 0.6) is 0 Å². The molecule has 2 aromatic carbocycles. The molecule has 4 rings (SSSR count). The third-order valence-electron chi connectivity index (χ3n) is 4.07. The smallest absolute Gasteiger partial charge is 0.0948 e. The zero-order valence-corrected chi connectivity index (χ0v) is 12.6. The Kier molecular flexibility index (Phi) is 2.82. The second-order valence-corrected chi connectivity index (χ2v) is 5.56. The summed E-state index contributed by atoms with van der Waals surface area (Å²) in [7, 11) is 4.02. The maximum absolute atomic E-state index is 4.19. The molecule has 4 aromatic rings. The quantitative estimate of drug-likeness (QED) is 0.564. The van der Waals surface area contributed by atoms with Crippen LogP contribution >= 0.6 is 0 Å². The fourth-order valence-corrected chi connectivity index (χ4v) is 2.84. The molecule has 0 aliphatic heterocycles. The Balaban J connectivity index is 1.83. The number of aryl methyl sites for hydroxylation is 2. The van der Waals surface area contributed by atoms with E-state index in [1.807, 2.05) is 48.3 Å². The second-order valence-electron chi connectivity index (χ2n) is 5.56. The molecule has 4 heteroatoms. The Morgan fingerprint density at radius 2 is 1.14 bits per heavy atom. The van der Waals surface area contributed by atoms with Gasteiger partial charge in [0.05, 0.1) is 36.4 Å². The summed E-state index contributed by atoms with van der Waals surface area (Å²) in [6, 6.07) is 13.0. The summed E-state index contributed by atoms with van der Waals surface area (Å²) in [6.45, 7) is 0. The molecule has 4 nitrogen and oxygen atoms in total. The lowest BCUT2D eigenvalue weighted by atomic mass is 10.0. The molecule has 2 aromatic heterocycles. The van der Waals surface area contributed by atoms with Gasteiger partial charge < -0.3 is 9.13 Å². The summed E-state index contributed by atoms with van der Waals surface area (Å²) in [4.78, 5) is 8.38. The van der Waals surface area contributed by atoms with Gasteiger partial charge in [-0.1, -0.05) is 24.3 Å². The van der Waals surface area contributed by atoms with Crippen molar-refractivity contribution in [1.29, 1.82) is 0 Å². The highest BCUT2D eigenvalue weighted by molar-refractivity contribution is 5.90. The Morgan fingerprint density at radius 3 is 1.50 bits per heavy atom. The van der Waals surface area contributed by atoms with Crippen LogP contribution in [0, 0.1) is 0 Å². The van der Waals surface area contributed by atoms with Gasteiger partial charge >= 0.3 is 0 Å². The van der Waals surface area contributed by atoms with Crippen LogP contribution in [0.15, 0.2) is 61.4 Å². The van der Waals surface area contributed by atoms with Gasteiger partial charge in [-0.15, -0.1) is 0 Å². The number of hydrogen-bond donors (Lipinski definition) is 0. The molecule has 108 valence electrons. The van der Waals surface area contributed by atoms with Crippen molar-refractivity contribution in [2.45, 2.75) is 0 Å². The maximum atomic E-state index is 4.19. The monoisotopic (exact) mass is 288 g/mol. The predicted octanol–water partition coefficient (Wildman–Crippen LogP) is 3.64. The van der Waals surface area contributed by atoms with Gasteiger partial charge in [0.15, 0.2) is 0 Å². The number of aromatic nitrogens is 4. The van der Waals surface area contributed by atoms with Gasteiger partial charge in [0.25, 0.3) is 0 Å². The van der Waals surface area contributed by atoms with Gasteiger partial charge in [-0.2, -0.15) is 0 Å². The van der Waals surface area contributed by atoms with Crippen molar-refractivity contribution in [3.63, 3.8) is 0 Å². The van der Waals surface area contributed by atoms with Crippen molar-refractivity contribution in [2.24, 2.45) is 14.1 Å². The molecule has 0 fully saturated rings. The summed E-state index contributed by atoms with van der Waals surface area (Å²) in [5, 5.41) is 2.45. The highest BCUT2D eigenvalue weighted by Gasteiger charge is 2.06. The number of hydrogen-bond acceptors (Lipinski definition) is 2. The van der Waals surface area contributed by atoms with Crippen molar-refractivity contribution in [2.75, 3.05) is 0 Å². The van der Waals surface area contributed by atoms with Gasteiger partial charge in [-0.25, -0.2) is 9.97 Å². The van der Waals surface area contributed by atoms with Gasteiger partial charge in [0.1, 0.15) is 0 Å². The molecule has 0 amide bonds. The minimum absolute atomic E-state index is 1.12. The van der Waals surface area contributed by atoms with E-state index < -0.39 is 0 Å². The number of fused-ring (bicyclic) bond motifs is 1. The van der Waals surface area contributed by atoms with E-state index in [1.54, 1.807) is 0 Å². The van der Waals surface area contributed by atoms with Crippen LogP contribution in [0.2, 0.25) is 0 Å². The van der Waals surface area contributed by atoms with Crippen molar-refractivity contribution in [3.05, 3.63) is 61.4 Å². The van der Waals surface area contributed by atoms with Crippen LogP contribution in [0.3, 0.4) is 0 Å². The van der Waals surface area contributed by atoms with Crippen LogP contribution in [-0.2, 0) is 14.1 Å². The average Bonchev–Trinajstić information content (AvgIpc) is 3.14. The standard InChI is InChI=1S/C18H16N4/c1-21-11-19-9-17(21)15-5-3-14-8-16(6-4-13(14)7-15)18-10-20-12-22(18)2/h3-12H,1-2H3. The normalized spacial score (nSPS) is 11.2. The Hall–Kier alpha value is -2.88. The van der Waals surface area contributed by atoms with Gasteiger partial charge in [0, 0.05) is 25.2 Å². The molecule has 2 heterocycles. The Morgan fingerprint density at radius 1 is 0.682 bits per heavy atom. The van der Waals surface area contributed by atoms with Crippen LogP contribution in [0.25, 0.3) is 33.3 Å². The molecule has 0 saturated carbocycles. The molecule has 0 saturated heterocycles. The van der Waals surface area contributed by atoms with Gasteiger partial charge in [-0.3, -0.25) is 0 Å². The van der Waals surface area contributed by atoms with Crippen molar-refractivity contribution in [1.82, 2.24) is 19.1 Å². The maximum Gasteiger partial charge on any atom is 0.0948 e. The highest BCUT2D eigenvalue weighted by Crippen LogP contribution is 2.27. The predicted molar refractivity (Wildman–Crippen MR) is 88.4 cm³/mol. The summed E-state index contributed by atoms with van der Waals surface area (Å²) in [5.74, 6) is 0. The van der Waals surface area contributed by atoms with E-state index in [1.165, 1.54) is 21.9 Å². The molecule has 0 radical (unpaired) electrons. The number of imidazole rings is 2. The van der Waals surface area contributed by atoms with Crippen LogP contribution < -0.4 is 0 Å². The van der Waals surface area contributed by atoms with Crippen LogP contribution in [-0.4, -0.2) is 19.1 Å². The SMILES string of the molecule is Cn1cncc1-c1ccc2cc(-c3cncn3C)ccc2c1.